The van der Waals surface area contributed by atoms with Gasteiger partial charge in [0.15, 0.2) is 0 Å². The SMILES string of the molecule is C/C=C/CN=NCCC. The molecule has 0 heterocycles. The van der Waals surface area contributed by atoms with Crippen LogP contribution in [0.4, 0.5) is 0 Å². The van der Waals surface area contributed by atoms with Gasteiger partial charge in [0.05, 0.1) is 13.1 Å². The molecule has 0 aromatic rings. The Balaban J connectivity index is 3.04. The second-order valence-electron chi connectivity index (χ2n) is 1.76. The number of hydrogen-bond donors (Lipinski definition) is 0. The van der Waals surface area contributed by atoms with Gasteiger partial charge in [-0.15, -0.1) is 0 Å². The number of hydrogen-bond acceptors (Lipinski definition) is 2. The number of rotatable bonds is 4. The summed E-state index contributed by atoms with van der Waals surface area (Å²) in [7, 11) is 0. The van der Waals surface area contributed by atoms with Crippen molar-refractivity contribution in [3.8, 4) is 0 Å². The molecule has 2 nitrogen and oxygen atoms in total. The first-order valence-corrected chi connectivity index (χ1v) is 3.36. The molecule has 0 spiro atoms. The van der Waals surface area contributed by atoms with Crippen LogP contribution in [0.3, 0.4) is 0 Å². The Hall–Kier alpha value is -0.660. The van der Waals surface area contributed by atoms with Crippen LogP contribution in [0, 0.1) is 0 Å². The second-order valence-corrected chi connectivity index (χ2v) is 1.76. The predicted octanol–water partition coefficient (Wildman–Crippen LogP) is 2.42. The third-order valence-corrected chi connectivity index (χ3v) is 0.846. The minimum Gasteiger partial charge on any atom is -0.194 e. The molecule has 0 aromatic carbocycles. The maximum absolute atomic E-state index is 3.90. The molecule has 0 aliphatic carbocycles. The molecule has 0 unspecified atom stereocenters. The fourth-order valence-corrected chi connectivity index (χ4v) is 0.381. The summed E-state index contributed by atoms with van der Waals surface area (Å²) in [5, 5.41) is 7.79. The van der Waals surface area contributed by atoms with Crippen LogP contribution in [0.15, 0.2) is 22.4 Å². The molecule has 0 amide bonds. The van der Waals surface area contributed by atoms with Gasteiger partial charge >= 0.3 is 0 Å². The summed E-state index contributed by atoms with van der Waals surface area (Å²) >= 11 is 0. The Kier molecular flexibility index (Phi) is 6.80. The number of allylic oxidation sites excluding steroid dienone is 1. The van der Waals surface area contributed by atoms with Crippen LogP contribution in [0.2, 0.25) is 0 Å². The molecule has 9 heavy (non-hydrogen) atoms. The molecule has 2 heteroatoms. The van der Waals surface area contributed by atoms with Crippen molar-refractivity contribution in [1.29, 1.82) is 0 Å². The molecule has 0 N–H and O–H groups in total. The smallest absolute Gasteiger partial charge is 0.0779 e. The predicted molar refractivity (Wildman–Crippen MR) is 39.7 cm³/mol. The topological polar surface area (TPSA) is 24.7 Å². The van der Waals surface area contributed by atoms with Crippen molar-refractivity contribution >= 4 is 0 Å². The molecule has 0 rings (SSSR count). The third kappa shape index (κ3) is 7.34. The first-order chi connectivity index (χ1) is 4.41. The normalized spacial score (nSPS) is 11.8. The summed E-state index contributed by atoms with van der Waals surface area (Å²) in [6.45, 7) is 5.66. The van der Waals surface area contributed by atoms with Crippen molar-refractivity contribution < 1.29 is 0 Å². The van der Waals surface area contributed by atoms with Crippen molar-refractivity contribution in [3.05, 3.63) is 12.2 Å². The van der Waals surface area contributed by atoms with Crippen LogP contribution in [-0.2, 0) is 0 Å². The van der Waals surface area contributed by atoms with Crippen LogP contribution in [0.1, 0.15) is 20.3 Å². The van der Waals surface area contributed by atoms with E-state index in [1.54, 1.807) is 0 Å². The first-order valence-electron chi connectivity index (χ1n) is 3.36. The molecular formula is C7H14N2. The van der Waals surface area contributed by atoms with Crippen LogP contribution in [-0.4, -0.2) is 13.1 Å². The van der Waals surface area contributed by atoms with Crippen molar-refractivity contribution in [1.82, 2.24) is 0 Å². The molecule has 0 aliphatic rings. The molecule has 0 fully saturated rings. The molecule has 0 saturated heterocycles. The average Bonchev–Trinajstić information content (AvgIpc) is 1.89. The zero-order chi connectivity index (χ0) is 6.95. The highest BCUT2D eigenvalue weighted by atomic mass is 15.1. The van der Waals surface area contributed by atoms with E-state index in [4.69, 9.17) is 0 Å². The minimum atomic E-state index is 0.733. The van der Waals surface area contributed by atoms with Gasteiger partial charge < -0.3 is 0 Å². The van der Waals surface area contributed by atoms with Crippen LogP contribution in [0.5, 0.6) is 0 Å². The second kappa shape index (κ2) is 7.34. The Bertz CT molecular complexity index is 95.1. The Morgan fingerprint density at radius 3 is 2.67 bits per heavy atom. The highest BCUT2D eigenvalue weighted by molar-refractivity contribution is 4.78. The zero-order valence-electron chi connectivity index (χ0n) is 6.17. The van der Waals surface area contributed by atoms with Crippen molar-refractivity contribution in [2.24, 2.45) is 10.2 Å². The molecule has 0 atom stereocenters. The quantitative estimate of drug-likeness (QED) is 0.408. The van der Waals surface area contributed by atoms with E-state index in [2.05, 4.69) is 17.2 Å². The molecule has 52 valence electrons. The largest absolute Gasteiger partial charge is 0.194 e. The van der Waals surface area contributed by atoms with Gasteiger partial charge in [-0.3, -0.25) is 0 Å². The third-order valence-electron chi connectivity index (χ3n) is 0.846. The van der Waals surface area contributed by atoms with E-state index in [1.807, 2.05) is 19.1 Å². The van der Waals surface area contributed by atoms with Gasteiger partial charge in [0.2, 0.25) is 0 Å². The van der Waals surface area contributed by atoms with Crippen LogP contribution >= 0.6 is 0 Å². The summed E-state index contributed by atoms with van der Waals surface area (Å²) < 4.78 is 0. The summed E-state index contributed by atoms with van der Waals surface area (Å²) in [5.74, 6) is 0. The molecule has 0 bridgehead atoms. The van der Waals surface area contributed by atoms with Gasteiger partial charge in [-0.2, -0.15) is 10.2 Å². The van der Waals surface area contributed by atoms with Gasteiger partial charge in [0, 0.05) is 0 Å². The highest BCUT2D eigenvalue weighted by Crippen LogP contribution is 1.81. The first kappa shape index (κ1) is 8.34. The summed E-state index contributed by atoms with van der Waals surface area (Å²) in [4.78, 5) is 0. The Morgan fingerprint density at radius 1 is 1.33 bits per heavy atom. The molecule has 0 aliphatic heterocycles. The van der Waals surface area contributed by atoms with Gasteiger partial charge in [-0.05, 0) is 13.3 Å². The van der Waals surface area contributed by atoms with E-state index in [0.29, 0.717) is 0 Å². The van der Waals surface area contributed by atoms with Crippen molar-refractivity contribution in [2.75, 3.05) is 13.1 Å². The van der Waals surface area contributed by atoms with Crippen molar-refractivity contribution in [3.63, 3.8) is 0 Å². The average molecular weight is 126 g/mol. The van der Waals surface area contributed by atoms with E-state index >= 15 is 0 Å². The highest BCUT2D eigenvalue weighted by Gasteiger charge is 1.71. The molecule has 0 aromatic heterocycles. The van der Waals surface area contributed by atoms with E-state index in [1.165, 1.54) is 0 Å². The van der Waals surface area contributed by atoms with E-state index in [0.717, 1.165) is 19.5 Å². The summed E-state index contributed by atoms with van der Waals surface area (Å²) in [6.07, 6.45) is 5.05. The van der Waals surface area contributed by atoms with E-state index in [9.17, 15) is 0 Å². The number of nitrogens with zero attached hydrogens (tertiary/aromatic N) is 2. The van der Waals surface area contributed by atoms with Crippen LogP contribution < -0.4 is 0 Å². The zero-order valence-corrected chi connectivity index (χ0v) is 6.17. The van der Waals surface area contributed by atoms with Gasteiger partial charge in [-0.25, -0.2) is 0 Å². The van der Waals surface area contributed by atoms with Gasteiger partial charge in [-0.1, -0.05) is 19.1 Å². The summed E-state index contributed by atoms with van der Waals surface area (Å²) in [6, 6.07) is 0. The fraction of sp³-hybridized carbons (Fsp3) is 0.714. The standard InChI is InChI=1S/C7H14N2/c1-3-5-7-9-8-6-4-2/h3,5H,4,6-7H2,1-2H3/b5-3+,9-8?. The maximum atomic E-state index is 3.90. The summed E-state index contributed by atoms with van der Waals surface area (Å²) in [5.41, 5.74) is 0. The lowest BCUT2D eigenvalue weighted by Crippen LogP contribution is -1.73. The van der Waals surface area contributed by atoms with Crippen LogP contribution in [0.25, 0.3) is 0 Å². The molecule has 0 saturated carbocycles. The van der Waals surface area contributed by atoms with Gasteiger partial charge in [0.1, 0.15) is 0 Å². The fourth-order valence-electron chi connectivity index (χ4n) is 0.381. The Morgan fingerprint density at radius 2 is 2.11 bits per heavy atom. The van der Waals surface area contributed by atoms with Gasteiger partial charge in [0.25, 0.3) is 0 Å². The van der Waals surface area contributed by atoms with E-state index in [-0.39, 0.29) is 0 Å². The molecular weight excluding hydrogens is 112 g/mol. The lowest BCUT2D eigenvalue weighted by Gasteiger charge is -1.82. The molecule has 0 radical (unpaired) electrons. The van der Waals surface area contributed by atoms with Crippen molar-refractivity contribution in [2.45, 2.75) is 20.3 Å². The van der Waals surface area contributed by atoms with E-state index < -0.39 is 0 Å². The Labute approximate surface area is 56.7 Å². The maximum Gasteiger partial charge on any atom is 0.0779 e. The lowest BCUT2D eigenvalue weighted by atomic mass is 10.5. The lowest BCUT2D eigenvalue weighted by molar-refractivity contribution is 0.845. The number of azo groups is 1. The minimum absolute atomic E-state index is 0.733. The monoisotopic (exact) mass is 126 g/mol.